The van der Waals surface area contributed by atoms with Gasteiger partial charge in [0.05, 0.1) is 12.9 Å². The fraction of sp³-hybridized carbons (Fsp3) is 0.429. The Kier molecular flexibility index (Phi) is 4.15. The Labute approximate surface area is 101 Å². The first-order valence-electron chi connectivity index (χ1n) is 6.01. The van der Waals surface area contributed by atoms with Crippen molar-refractivity contribution in [3.8, 4) is 5.75 Å². The van der Waals surface area contributed by atoms with Crippen LogP contribution in [0.2, 0.25) is 0 Å². The Morgan fingerprint density at radius 1 is 1.35 bits per heavy atom. The summed E-state index contributed by atoms with van der Waals surface area (Å²) in [6.45, 7) is 1.08. The molecule has 3 heteroatoms. The molecule has 1 aliphatic rings. The van der Waals surface area contributed by atoms with E-state index in [9.17, 15) is 4.39 Å². The molecule has 0 amide bonds. The SMILES string of the molecule is NCC(=CF)Cc1ccc(OCC2CC2)cc1. The van der Waals surface area contributed by atoms with E-state index in [0.29, 0.717) is 18.3 Å². The highest BCUT2D eigenvalue weighted by atomic mass is 19.1. The predicted molar refractivity (Wildman–Crippen MR) is 66.6 cm³/mol. The largest absolute Gasteiger partial charge is 0.493 e. The number of hydrogen-bond acceptors (Lipinski definition) is 2. The summed E-state index contributed by atoms with van der Waals surface area (Å²) in [6.07, 6.45) is 3.74. The third-order valence-electron chi connectivity index (χ3n) is 2.95. The Bertz CT molecular complexity index is 382. The molecule has 92 valence electrons. The number of rotatable bonds is 6. The van der Waals surface area contributed by atoms with Crippen molar-refractivity contribution in [1.29, 1.82) is 0 Å². The number of halogens is 1. The van der Waals surface area contributed by atoms with Crippen LogP contribution in [-0.2, 0) is 6.42 Å². The van der Waals surface area contributed by atoms with E-state index in [1.165, 1.54) is 12.8 Å². The van der Waals surface area contributed by atoms with Gasteiger partial charge in [0.25, 0.3) is 0 Å². The average Bonchev–Trinajstić information content (AvgIpc) is 3.19. The molecule has 0 spiro atoms. The molecule has 1 fully saturated rings. The average molecular weight is 235 g/mol. The second-order valence-corrected chi connectivity index (χ2v) is 4.55. The topological polar surface area (TPSA) is 35.2 Å². The molecule has 0 bridgehead atoms. The monoisotopic (exact) mass is 235 g/mol. The van der Waals surface area contributed by atoms with E-state index in [-0.39, 0.29) is 6.54 Å². The molecule has 1 aromatic carbocycles. The smallest absolute Gasteiger partial charge is 0.119 e. The summed E-state index contributed by atoms with van der Waals surface area (Å²) in [5.74, 6) is 1.65. The minimum absolute atomic E-state index is 0.260. The molecule has 0 atom stereocenters. The van der Waals surface area contributed by atoms with Crippen LogP contribution >= 0.6 is 0 Å². The number of hydrogen-bond donors (Lipinski definition) is 1. The van der Waals surface area contributed by atoms with E-state index >= 15 is 0 Å². The van der Waals surface area contributed by atoms with Crippen molar-refractivity contribution in [3.05, 3.63) is 41.7 Å². The number of nitrogens with two attached hydrogens (primary N) is 1. The van der Waals surface area contributed by atoms with Gasteiger partial charge in [0, 0.05) is 6.54 Å². The molecule has 0 saturated heterocycles. The lowest BCUT2D eigenvalue weighted by molar-refractivity contribution is 0.299. The first-order valence-corrected chi connectivity index (χ1v) is 6.01. The summed E-state index contributed by atoms with van der Waals surface area (Å²) in [6, 6.07) is 7.79. The summed E-state index contributed by atoms with van der Waals surface area (Å²) < 4.78 is 18.0. The molecule has 1 saturated carbocycles. The van der Waals surface area contributed by atoms with E-state index in [2.05, 4.69) is 0 Å². The Morgan fingerprint density at radius 3 is 2.59 bits per heavy atom. The maximum Gasteiger partial charge on any atom is 0.119 e. The van der Waals surface area contributed by atoms with Crippen LogP contribution < -0.4 is 10.5 Å². The zero-order valence-electron chi connectivity index (χ0n) is 9.86. The van der Waals surface area contributed by atoms with E-state index in [1.54, 1.807) is 0 Å². The van der Waals surface area contributed by atoms with Crippen molar-refractivity contribution < 1.29 is 9.13 Å². The summed E-state index contributed by atoms with van der Waals surface area (Å²) >= 11 is 0. The zero-order chi connectivity index (χ0) is 12.1. The van der Waals surface area contributed by atoms with Crippen LogP contribution in [0.4, 0.5) is 4.39 Å². The molecule has 0 radical (unpaired) electrons. The zero-order valence-corrected chi connectivity index (χ0v) is 9.86. The molecule has 2 N–H and O–H groups in total. The van der Waals surface area contributed by atoms with Crippen LogP contribution in [0.15, 0.2) is 36.2 Å². The van der Waals surface area contributed by atoms with Gasteiger partial charge in [-0.25, -0.2) is 4.39 Å². The highest BCUT2D eigenvalue weighted by Crippen LogP contribution is 2.29. The molecule has 1 aromatic rings. The summed E-state index contributed by atoms with van der Waals surface area (Å²) in [4.78, 5) is 0. The predicted octanol–water partition coefficient (Wildman–Crippen LogP) is 2.83. The molecule has 17 heavy (non-hydrogen) atoms. The Balaban J connectivity index is 1.87. The fourth-order valence-corrected chi connectivity index (χ4v) is 1.62. The highest BCUT2D eigenvalue weighted by molar-refractivity contribution is 5.30. The van der Waals surface area contributed by atoms with Crippen molar-refractivity contribution in [2.75, 3.05) is 13.2 Å². The highest BCUT2D eigenvalue weighted by Gasteiger charge is 2.21. The van der Waals surface area contributed by atoms with Gasteiger partial charge in [-0.1, -0.05) is 12.1 Å². The van der Waals surface area contributed by atoms with Gasteiger partial charge in [0.2, 0.25) is 0 Å². The quantitative estimate of drug-likeness (QED) is 0.823. The molecule has 1 aliphatic carbocycles. The maximum atomic E-state index is 12.4. The first kappa shape index (κ1) is 12.1. The van der Waals surface area contributed by atoms with Gasteiger partial charge < -0.3 is 10.5 Å². The van der Waals surface area contributed by atoms with E-state index in [4.69, 9.17) is 10.5 Å². The summed E-state index contributed by atoms with van der Waals surface area (Å²) in [5, 5.41) is 0. The summed E-state index contributed by atoms with van der Waals surface area (Å²) in [7, 11) is 0. The van der Waals surface area contributed by atoms with Crippen LogP contribution in [0.3, 0.4) is 0 Å². The van der Waals surface area contributed by atoms with E-state index in [0.717, 1.165) is 23.8 Å². The molecule has 0 unspecified atom stereocenters. The first-order chi connectivity index (χ1) is 8.31. The maximum absolute atomic E-state index is 12.4. The number of ether oxygens (including phenoxy) is 1. The van der Waals surface area contributed by atoms with Crippen molar-refractivity contribution in [2.45, 2.75) is 19.3 Å². The summed E-state index contributed by atoms with van der Waals surface area (Å²) in [5.41, 5.74) is 7.08. The third-order valence-corrected chi connectivity index (χ3v) is 2.95. The van der Waals surface area contributed by atoms with Crippen molar-refractivity contribution in [1.82, 2.24) is 0 Å². The van der Waals surface area contributed by atoms with Crippen LogP contribution in [0.25, 0.3) is 0 Å². The number of benzene rings is 1. The molecule has 0 heterocycles. The van der Waals surface area contributed by atoms with Crippen molar-refractivity contribution in [3.63, 3.8) is 0 Å². The van der Waals surface area contributed by atoms with E-state index in [1.807, 2.05) is 24.3 Å². The van der Waals surface area contributed by atoms with Crippen LogP contribution in [0.5, 0.6) is 5.75 Å². The van der Waals surface area contributed by atoms with Gasteiger partial charge in [-0.2, -0.15) is 0 Å². The normalized spacial score (nSPS) is 16.0. The minimum atomic E-state index is 0.260. The van der Waals surface area contributed by atoms with Gasteiger partial charge in [-0.15, -0.1) is 0 Å². The van der Waals surface area contributed by atoms with Gasteiger partial charge >= 0.3 is 0 Å². The standard InChI is InChI=1S/C14H18FNO/c15-8-13(9-16)7-11-3-5-14(6-4-11)17-10-12-1-2-12/h3-6,8,12H,1-2,7,9-10,16H2. The molecular formula is C14H18FNO. The minimum Gasteiger partial charge on any atom is -0.493 e. The fourth-order valence-electron chi connectivity index (χ4n) is 1.62. The molecule has 0 aliphatic heterocycles. The lowest BCUT2D eigenvalue weighted by Gasteiger charge is -2.07. The van der Waals surface area contributed by atoms with Crippen LogP contribution in [0.1, 0.15) is 18.4 Å². The second-order valence-electron chi connectivity index (χ2n) is 4.55. The Morgan fingerprint density at radius 2 is 2.06 bits per heavy atom. The Hall–Kier alpha value is -1.35. The van der Waals surface area contributed by atoms with Crippen LogP contribution in [0, 0.1) is 5.92 Å². The van der Waals surface area contributed by atoms with Gasteiger partial charge in [-0.05, 0) is 48.4 Å². The molecule has 2 rings (SSSR count). The lowest BCUT2D eigenvalue weighted by atomic mass is 10.1. The van der Waals surface area contributed by atoms with Gasteiger partial charge in [0.15, 0.2) is 0 Å². The second kappa shape index (κ2) is 5.82. The van der Waals surface area contributed by atoms with Crippen LogP contribution in [-0.4, -0.2) is 13.2 Å². The van der Waals surface area contributed by atoms with Gasteiger partial charge in [0.1, 0.15) is 5.75 Å². The van der Waals surface area contributed by atoms with Gasteiger partial charge in [-0.3, -0.25) is 0 Å². The van der Waals surface area contributed by atoms with Crippen molar-refractivity contribution in [2.24, 2.45) is 11.7 Å². The third kappa shape index (κ3) is 3.86. The van der Waals surface area contributed by atoms with Crippen molar-refractivity contribution >= 4 is 0 Å². The molecule has 0 aromatic heterocycles. The lowest BCUT2D eigenvalue weighted by Crippen LogP contribution is -2.05. The molecule has 2 nitrogen and oxygen atoms in total. The van der Waals surface area contributed by atoms with E-state index < -0.39 is 0 Å². The molecular weight excluding hydrogens is 217 g/mol.